The molecule has 0 amide bonds. The maximum atomic E-state index is 4.85. The van der Waals surface area contributed by atoms with Gasteiger partial charge in [0.1, 0.15) is 5.82 Å². The number of fused-ring (bicyclic) bond motifs is 2. The number of nitrogens with one attached hydrogen (secondary N) is 1. The van der Waals surface area contributed by atoms with Crippen molar-refractivity contribution in [2.75, 3.05) is 16.8 Å². The Bertz CT molecular complexity index is 792. The molecule has 4 nitrogen and oxygen atoms in total. The van der Waals surface area contributed by atoms with E-state index >= 15 is 0 Å². The normalized spacial score (nSPS) is 15.4. The molecule has 4 rings (SSSR count). The zero-order chi connectivity index (χ0) is 17.2. The van der Waals surface area contributed by atoms with E-state index in [1.807, 2.05) is 6.20 Å². The number of aromatic nitrogens is 2. The molecular weight excluding hydrogens is 308 g/mol. The molecule has 1 aromatic heterocycles. The van der Waals surface area contributed by atoms with Gasteiger partial charge in [0.25, 0.3) is 0 Å². The molecule has 1 aromatic carbocycles. The lowest BCUT2D eigenvalue weighted by molar-refractivity contribution is 0.569. The van der Waals surface area contributed by atoms with Crippen LogP contribution in [0, 0.1) is 0 Å². The molecule has 0 radical (unpaired) electrons. The lowest BCUT2D eigenvalue weighted by Gasteiger charge is -2.33. The molecule has 0 fully saturated rings. The van der Waals surface area contributed by atoms with Gasteiger partial charge in [-0.2, -0.15) is 4.98 Å². The van der Waals surface area contributed by atoms with E-state index in [-0.39, 0.29) is 0 Å². The van der Waals surface area contributed by atoms with Crippen LogP contribution in [0.1, 0.15) is 49.8 Å². The van der Waals surface area contributed by atoms with Crippen LogP contribution in [0.25, 0.3) is 6.08 Å². The molecule has 2 heterocycles. The van der Waals surface area contributed by atoms with Crippen molar-refractivity contribution in [1.29, 1.82) is 0 Å². The van der Waals surface area contributed by atoms with Gasteiger partial charge < -0.3 is 10.2 Å². The Balaban J connectivity index is 1.61. The summed E-state index contributed by atoms with van der Waals surface area (Å²) in [6, 6.07) is 7.16. The quantitative estimate of drug-likeness (QED) is 0.858. The Morgan fingerprint density at radius 3 is 2.84 bits per heavy atom. The largest absolute Gasteiger partial charge is 0.349 e. The molecule has 1 aliphatic carbocycles. The molecule has 1 N–H and O–H groups in total. The predicted octanol–water partition coefficient (Wildman–Crippen LogP) is 4.73. The van der Waals surface area contributed by atoms with Crippen LogP contribution in [0.3, 0.4) is 0 Å². The van der Waals surface area contributed by atoms with Crippen LogP contribution in [0.2, 0.25) is 0 Å². The Labute approximate surface area is 150 Å². The van der Waals surface area contributed by atoms with Crippen LogP contribution < -0.4 is 10.2 Å². The zero-order valence-corrected chi connectivity index (χ0v) is 15.1. The summed E-state index contributed by atoms with van der Waals surface area (Å²) >= 11 is 0. The average Bonchev–Trinajstić information content (AvgIpc) is 3.11. The maximum Gasteiger partial charge on any atom is 0.229 e. The van der Waals surface area contributed by atoms with Gasteiger partial charge in [-0.1, -0.05) is 32.1 Å². The van der Waals surface area contributed by atoms with Crippen molar-refractivity contribution < 1.29 is 0 Å². The van der Waals surface area contributed by atoms with Crippen molar-refractivity contribution in [2.24, 2.45) is 0 Å². The summed E-state index contributed by atoms with van der Waals surface area (Å²) in [6.45, 7) is 5.42. The second-order valence-corrected chi connectivity index (χ2v) is 6.96. The third-order valence-corrected chi connectivity index (χ3v) is 5.41. The van der Waals surface area contributed by atoms with Crippen LogP contribution in [-0.4, -0.2) is 22.6 Å². The van der Waals surface area contributed by atoms with Crippen LogP contribution in [0.15, 0.2) is 30.5 Å². The van der Waals surface area contributed by atoms with Gasteiger partial charge >= 0.3 is 0 Å². The number of anilines is 3. The molecule has 0 bridgehead atoms. The molecule has 0 spiro atoms. The van der Waals surface area contributed by atoms with Gasteiger partial charge in [0, 0.05) is 30.0 Å². The molecule has 0 unspecified atom stereocenters. The van der Waals surface area contributed by atoms with Gasteiger partial charge in [-0.15, -0.1) is 0 Å². The van der Waals surface area contributed by atoms with Gasteiger partial charge in [-0.25, -0.2) is 4.98 Å². The van der Waals surface area contributed by atoms with Crippen molar-refractivity contribution in [3.63, 3.8) is 0 Å². The lowest BCUT2D eigenvalue weighted by Crippen LogP contribution is -2.37. The minimum absolute atomic E-state index is 0.520. The van der Waals surface area contributed by atoms with Gasteiger partial charge in [0.05, 0.1) is 0 Å². The Morgan fingerprint density at radius 2 is 2.00 bits per heavy atom. The van der Waals surface area contributed by atoms with Crippen LogP contribution in [-0.2, 0) is 12.8 Å². The van der Waals surface area contributed by atoms with E-state index in [1.54, 1.807) is 0 Å². The molecular formula is C21H26N4. The Kier molecular flexibility index (Phi) is 4.43. The average molecular weight is 334 g/mol. The number of rotatable bonds is 5. The molecule has 1 aliphatic heterocycles. The summed E-state index contributed by atoms with van der Waals surface area (Å²) in [7, 11) is 0. The van der Waals surface area contributed by atoms with Crippen molar-refractivity contribution in [1.82, 2.24) is 9.97 Å². The fourth-order valence-corrected chi connectivity index (χ4v) is 4.00. The summed E-state index contributed by atoms with van der Waals surface area (Å²) in [4.78, 5) is 11.8. The first-order valence-electron chi connectivity index (χ1n) is 9.47. The number of hydrogen-bond acceptors (Lipinski definition) is 4. The SMILES string of the molecule is CCC(CC)N1CC=Cc2cnc(Nc3ccc4c(c3)CCC4)nc21. The number of benzene rings is 1. The van der Waals surface area contributed by atoms with Crippen molar-refractivity contribution >= 4 is 23.5 Å². The topological polar surface area (TPSA) is 41.1 Å². The van der Waals surface area contributed by atoms with Crippen LogP contribution >= 0.6 is 0 Å². The maximum absolute atomic E-state index is 4.85. The monoisotopic (exact) mass is 334 g/mol. The summed E-state index contributed by atoms with van der Waals surface area (Å²) in [5.74, 6) is 1.73. The number of nitrogens with zero attached hydrogens (tertiary/aromatic N) is 3. The molecule has 0 saturated carbocycles. The summed E-state index contributed by atoms with van der Waals surface area (Å²) < 4.78 is 0. The van der Waals surface area contributed by atoms with E-state index in [0.717, 1.165) is 36.5 Å². The van der Waals surface area contributed by atoms with Gasteiger partial charge in [-0.05, 0) is 55.4 Å². The smallest absolute Gasteiger partial charge is 0.229 e. The van der Waals surface area contributed by atoms with Gasteiger partial charge in [0.15, 0.2) is 0 Å². The first-order chi connectivity index (χ1) is 12.3. The minimum Gasteiger partial charge on any atom is -0.349 e. The van der Waals surface area contributed by atoms with Crippen molar-refractivity contribution in [2.45, 2.75) is 52.0 Å². The fraction of sp³-hybridized carbons (Fsp3) is 0.429. The van der Waals surface area contributed by atoms with E-state index < -0.39 is 0 Å². The van der Waals surface area contributed by atoms with Crippen molar-refractivity contribution in [3.8, 4) is 0 Å². The first-order valence-corrected chi connectivity index (χ1v) is 9.47. The highest BCUT2D eigenvalue weighted by Gasteiger charge is 2.22. The summed E-state index contributed by atoms with van der Waals surface area (Å²) in [5.41, 5.74) is 5.14. The molecule has 130 valence electrons. The second kappa shape index (κ2) is 6.87. The highest BCUT2D eigenvalue weighted by molar-refractivity contribution is 5.69. The Hall–Kier alpha value is -2.36. The Morgan fingerprint density at radius 1 is 1.16 bits per heavy atom. The van der Waals surface area contributed by atoms with E-state index in [1.165, 1.54) is 30.4 Å². The highest BCUT2D eigenvalue weighted by atomic mass is 15.2. The molecule has 25 heavy (non-hydrogen) atoms. The third-order valence-electron chi connectivity index (χ3n) is 5.41. The predicted molar refractivity (Wildman–Crippen MR) is 105 cm³/mol. The molecule has 0 atom stereocenters. The summed E-state index contributed by atoms with van der Waals surface area (Å²) in [6.07, 6.45) is 12.2. The van der Waals surface area contributed by atoms with Gasteiger partial charge in [0.2, 0.25) is 5.95 Å². The molecule has 2 aliphatic rings. The number of hydrogen-bond donors (Lipinski definition) is 1. The van der Waals surface area contributed by atoms with Crippen LogP contribution in [0.4, 0.5) is 17.5 Å². The second-order valence-electron chi connectivity index (χ2n) is 6.96. The van der Waals surface area contributed by atoms with Crippen LogP contribution in [0.5, 0.6) is 0 Å². The molecule has 4 heteroatoms. The first kappa shape index (κ1) is 16.1. The van der Waals surface area contributed by atoms with E-state index in [4.69, 9.17) is 4.98 Å². The third kappa shape index (κ3) is 3.13. The van der Waals surface area contributed by atoms with E-state index in [2.05, 4.69) is 59.4 Å². The van der Waals surface area contributed by atoms with E-state index in [9.17, 15) is 0 Å². The standard InChI is InChI=1S/C21H26N4/c1-3-19(4-2)25-12-6-9-17-14-22-21(24-20(17)25)23-18-11-10-15-7-5-8-16(15)13-18/h6,9-11,13-14,19H,3-5,7-8,12H2,1-2H3,(H,22,23,24). The number of aryl methyl sites for hydroxylation is 2. The molecule has 2 aromatic rings. The lowest BCUT2D eigenvalue weighted by atomic mass is 10.1. The minimum atomic E-state index is 0.520. The summed E-state index contributed by atoms with van der Waals surface area (Å²) in [5, 5.41) is 3.41. The van der Waals surface area contributed by atoms with E-state index in [0.29, 0.717) is 12.0 Å². The van der Waals surface area contributed by atoms with Crippen molar-refractivity contribution in [3.05, 3.63) is 47.2 Å². The van der Waals surface area contributed by atoms with Gasteiger partial charge in [-0.3, -0.25) is 0 Å². The highest BCUT2D eigenvalue weighted by Crippen LogP contribution is 2.30. The zero-order valence-electron chi connectivity index (χ0n) is 15.1. The molecule has 0 saturated heterocycles. The fourth-order valence-electron chi connectivity index (χ4n) is 4.00.